The van der Waals surface area contributed by atoms with Crippen LogP contribution in [0, 0.1) is 25.7 Å². The highest BCUT2D eigenvalue weighted by Gasteiger charge is 2.26. The van der Waals surface area contributed by atoms with Crippen molar-refractivity contribution in [3.8, 4) is 0 Å². The smallest absolute Gasteiger partial charge is 0.253 e. The van der Waals surface area contributed by atoms with Crippen LogP contribution in [0.2, 0.25) is 0 Å². The number of benzene rings is 1. The molecule has 1 saturated heterocycles. The minimum absolute atomic E-state index is 0.175. The summed E-state index contributed by atoms with van der Waals surface area (Å²) in [4.78, 5) is 18.2. The normalized spacial score (nSPS) is 22.8. The molecule has 1 amide bonds. The third kappa shape index (κ3) is 2.57. The lowest BCUT2D eigenvalue weighted by atomic mass is 9.91. The van der Waals surface area contributed by atoms with Gasteiger partial charge in [0.15, 0.2) is 0 Å². The van der Waals surface area contributed by atoms with Crippen LogP contribution in [-0.4, -0.2) is 28.9 Å². The Kier molecular flexibility index (Phi) is 3.52. The van der Waals surface area contributed by atoms with E-state index in [1.807, 2.05) is 23.1 Å². The molecular formula is C18H24N2O. The number of H-pyrrole nitrogens is 1. The molecule has 2 atom stereocenters. The first kappa shape index (κ1) is 14.2. The second kappa shape index (κ2) is 5.21. The largest absolute Gasteiger partial charge is 0.358 e. The molecule has 3 rings (SSSR count). The maximum absolute atomic E-state index is 12.8. The molecule has 0 unspecified atom stereocenters. The molecule has 0 saturated carbocycles. The number of nitrogens with zero attached hydrogens (tertiary/aromatic N) is 1. The number of piperidine rings is 1. The van der Waals surface area contributed by atoms with Gasteiger partial charge in [-0.2, -0.15) is 0 Å². The monoisotopic (exact) mass is 284 g/mol. The van der Waals surface area contributed by atoms with Gasteiger partial charge in [-0.15, -0.1) is 0 Å². The van der Waals surface area contributed by atoms with E-state index in [4.69, 9.17) is 0 Å². The van der Waals surface area contributed by atoms with Crippen molar-refractivity contribution in [1.82, 2.24) is 9.88 Å². The lowest BCUT2D eigenvalue weighted by Crippen LogP contribution is -2.42. The van der Waals surface area contributed by atoms with Gasteiger partial charge in [0.25, 0.3) is 5.91 Å². The van der Waals surface area contributed by atoms with Gasteiger partial charge in [-0.05, 0) is 55.9 Å². The molecule has 1 fully saturated rings. The van der Waals surface area contributed by atoms with Crippen molar-refractivity contribution in [2.45, 2.75) is 34.1 Å². The summed E-state index contributed by atoms with van der Waals surface area (Å²) in [6.07, 6.45) is 1.22. The van der Waals surface area contributed by atoms with E-state index in [1.165, 1.54) is 17.7 Å². The molecule has 3 nitrogen and oxygen atoms in total. The molecule has 21 heavy (non-hydrogen) atoms. The highest BCUT2D eigenvalue weighted by Crippen LogP contribution is 2.25. The zero-order valence-corrected chi connectivity index (χ0v) is 13.4. The van der Waals surface area contributed by atoms with Crippen LogP contribution in [0.25, 0.3) is 10.9 Å². The molecule has 0 radical (unpaired) electrons. The van der Waals surface area contributed by atoms with Crippen LogP contribution in [0.3, 0.4) is 0 Å². The van der Waals surface area contributed by atoms with Crippen LogP contribution >= 0.6 is 0 Å². The Morgan fingerprint density at radius 2 is 1.86 bits per heavy atom. The van der Waals surface area contributed by atoms with Gasteiger partial charge in [0.1, 0.15) is 0 Å². The summed E-state index contributed by atoms with van der Waals surface area (Å²) in [6, 6.07) is 6.02. The molecule has 0 aliphatic carbocycles. The molecular weight excluding hydrogens is 260 g/mol. The first-order valence-electron chi connectivity index (χ1n) is 7.84. The average Bonchev–Trinajstić information content (AvgIpc) is 2.72. The Morgan fingerprint density at radius 3 is 2.52 bits per heavy atom. The summed E-state index contributed by atoms with van der Waals surface area (Å²) in [5.41, 5.74) is 4.34. The number of aromatic amines is 1. The molecule has 1 aromatic heterocycles. The van der Waals surface area contributed by atoms with Crippen molar-refractivity contribution in [2.24, 2.45) is 11.8 Å². The van der Waals surface area contributed by atoms with Crippen molar-refractivity contribution in [1.29, 1.82) is 0 Å². The number of aryl methyl sites for hydroxylation is 2. The molecule has 112 valence electrons. The van der Waals surface area contributed by atoms with E-state index >= 15 is 0 Å². The summed E-state index contributed by atoms with van der Waals surface area (Å²) < 4.78 is 0. The Morgan fingerprint density at radius 1 is 1.19 bits per heavy atom. The van der Waals surface area contributed by atoms with E-state index in [0.717, 1.165) is 29.6 Å². The fourth-order valence-electron chi connectivity index (χ4n) is 3.61. The number of hydrogen-bond donors (Lipinski definition) is 1. The number of amides is 1. The molecule has 1 aliphatic heterocycles. The van der Waals surface area contributed by atoms with Crippen LogP contribution in [0.5, 0.6) is 0 Å². The van der Waals surface area contributed by atoms with E-state index in [2.05, 4.69) is 32.7 Å². The van der Waals surface area contributed by atoms with Crippen LogP contribution in [0.4, 0.5) is 0 Å². The van der Waals surface area contributed by atoms with Gasteiger partial charge >= 0.3 is 0 Å². The van der Waals surface area contributed by atoms with Crippen molar-refractivity contribution in [2.75, 3.05) is 13.1 Å². The highest BCUT2D eigenvalue weighted by molar-refractivity contribution is 5.99. The average molecular weight is 284 g/mol. The molecule has 1 aliphatic rings. The summed E-state index contributed by atoms with van der Waals surface area (Å²) in [6.45, 7) is 10.4. The van der Waals surface area contributed by atoms with Gasteiger partial charge in [-0.25, -0.2) is 0 Å². The second-order valence-corrected chi connectivity index (χ2v) is 6.79. The molecule has 3 heteroatoms. The Labute approximate surface area is 126 Å². The van der Waals surface area contributed by atoms with E-state index in [9.17, 15) is 4.79 Å². The van der Waals surface area contributed by atoms with Crippen molar-refractivity contribution in [3.63, 3.8) is 0 Å². The minimum atomic E-state index is 0.175. The third-order valence-electron chi connectivity index (χ3n) is 4.71. The summed E-state index contributed by atoms with van der Waals surface area (Å²) in [7, 11) is 0. The number of fused-ring (bicyclic) bond motifs is 1. The lowest BCUT2D eigenvalue weighted by molar-refractivity contribution is 0.0623. The summed E-state index contributed by atoms with van der Waals surface area (Å²) in [5, 5.41) is 1.16. The number of hydrogen-bond acceptors (Lipinski definition) is 1. The van der Waals surface area contributed by atoms with E-state index in [0.29, 0.717) is 11.8 Å². The molecule has 2 aromatic rings. The van der Waals surface area contributed by atoms with Gasteiger partial charge in [0.05, 0.1) is 0 Å². The van der Waals surface area contributed by atoms with Gasteiger partial charge in [0.2, 0.25) is 0 Å². The van der Waals surface area contributed by atoms with Crippen molar-refractivity contribution >= 4 is 16.8 Å². The molecule has 1 aromatic carbocycles. The Balaban J connectivity index is 1.92. The maximum atomic E-state index is 12.8. The Bertz CT molecular complexity index is 676. The van der Waals surface area contributed by atoms with Gasteiger partial charge < -0.3 is 9.88 Å². The number of aromatic nitrogens is 1. The van der Waals surface area contributed by atoms with E-state index in [1.54, 1.807) is 0 Å². The molecule has 0 bridgehead atoms. The second-order valence-electron chi connectivity index (χ2n) is 6.79. The number of likely N-dealkylation sites (tertiary alicyclic amines) is 1. The number of carbonyl (C=O) groups excluding carboxylic acids is 1. The predicted molar refractivity (Wildman–Crippen MR) is 86.6 cm³/mol. The van der Waals surface area contributed by atoms with Crippen molar-refractivity contribution in [3.05, 3.63) is 35.0 Å². The summed E-state index contributed by atoms with van der Waals surface area (Å²) in [5.74, 6) is 1.36. The zero-order chi connectivity index (χ0) is 15.1. The van der Waals surface area contributed by atoms with Crippen molar-refractivity contribution < 1.29 is 4.79 Å². The van der Waals surface area contributed by atoms with Gasteiger partial charge in [-0.3, -0.25) is 4.79 Å². The lowest BCUT2D eigenvalue weighted by Gasteiger charge is -2.35. The SMILES string of the molecule is Cc1[nH]c2ccc(C(=O)N3C[C@H](C)C[C@@H](C)C3)cc2c1C. The van der Waals surface area contributed by atoms with Crippen LogP contribution in [-0.2, 0) is 0 Å². The third-order valence-corrected chi connectivity index (χ3v) is 4.71. The van der Waals surface area contributed by atoms with Gasteiger partial charge in [-0.1, -0.05) is 13.8 Å². The number of nitrogens with one attached hydrogen (secondary N) is 1. The Hall–Kier alpha value is -1.77. The number of rotatable bonds is 1. The summed E-state index contributed by atoms with van der Waals surface area (Å²) >= 11 is 0. The fourth-order valence-corrected chi connectivity index (χ4v) is 3.61. The minimum Gasteiger partial charge on any atom is -0.358 e. The fraction of sp³-hybridized carbons (Fsp3) is 0.500. The molecule has 1 N–H and O–H groups in total. The number of carbonyl (C=O) groups is 1. The first-order valence-corrected chi connectivity index (χ1v) is 7.84. The van der Waals surface area contributed by atoms with Gasteiger partial charge in [0, 0.05) is 35.2 Å². The van der Waals surface area contributed by atoms with Crippen LogP contribution in [0.1, 0.15) is 41.9 Å². The maximum Gasteiger partial charge on any atom is 0.253 e. The van der Waals surface area contributed by atoms with E-state index < -0.39 is 0 Å². The molecule has 2 heterocycles. The molecule has 0 spiro atoms. The van der Waals surface area contributed by atoms with Crippen LogP contribution in [0.15, 0.2) is 18.2 Å². The topological polar surface area (TPSA) is 36.1 Å². The quantitative estimate of drug-likeness (QED) is 0.847. The highest BCUT2D eigenvalue weighted by atomic mass is 16.2. The standard InChI is InChI=1S/C18H24N2O/c1-11-7-12(2)10-20(9-11)18(21)15-5-6-17-16(8-15)13(3)14(4)19-17/h5-6,8,11-12,19H,7,9-10H2,1-4H3/t11-,12-/m1/s1. The van der Waals surface area contributed by atoms with Crippen LogP contribution < -0.4 is 0 Å². The zero-order valence-electron chi connectivity index (χ0n) is 13.4. The predicted octanol–water partition coefficient (Wildman–Crippen LogP) is 3.90. The van der Waals surface area contributed by atoms with E-state index in [-0.39, 0.29) is 5.91 Å². The first-order chi connectivity index (χ1) is 9.95.